The van der Waals surface area contributed by atoms with Crippen LogP contribution in [0.2, 0.25) is 0 Å². The number of carbonyl (C=O) groups is 2. The van der Waals surface area contributed by atoms with E-state index in [1.165, 1.54) is 6.07 Å². The molecule has 5 heteroatoms. The summed E-state index contributed by atoms with van der Waals surface area (Å²) in [6.07, 6.45) is 0.487. The van der Waals surface area contributed by atoms with Gasteiger partial charge < -0.3 is 10.2 Å². The van der Waals surface area contributed by atoms with Crippen molar-refractivity contribution >= 4 is 11.8 Å². The minimum Gasteiger partial charge on any atom is -0.354 e. The van der Waals surface area contributed by atoms with Crippen LogP contribution in [0.25, 0.3) is 0 Å². The van der Waals surface area contributed by atoms with Gasteiger partial charge in [0.1, 0.15) is 5.82 Å². The third-order valence-electron chi connectivity index (χ3n) is 4.53. The number of rotatable bonds is 4. The van der Waals surface area contributed by atoms with Gasteiger partial charge in [0.15, 0.2) is 0 Å². The van der Waals surface area contributed by atoms with Crippen molar-refractivity contribution in [3.8, 4) is 0 Å². The van der Waals surface area contributed by atoms with E-state index in [1.807, 2.05) is 30.3 Å². The largest absolute Gasteiger partial charge is 0.354 e. The average Bonchev–Trinajstić information content (AvgIpc) is 2.86. The predicted molar refractivity (Wildman–Crippen MR) is 93.5 cm³/mol. The van der Waals surface area contributed by atoms with Crippen molar-refractivity contribution in [1.29, 1.82) is 0 Å². The third kappa shape index (κ3) is 4.24. The van der Waals surface area contributed by atoms with Crippen LogP contribution in [0.15, 0.2) is 54.6 Å². The number of amides is 2. The fraction of sp³-hybridized carbons (Fsp3) is 0.300. The molecule has 25 heavy (non-hydrogen) atoms. The average molecular weight is 340 g/mol. The quantitative estimate of drug-likeness (QED) is 0.930. The van der Waals surface area contributed by atoms with E-state index in [9.17, 15) is 14.0 Å². The molecule has 1 atom stereocenters. The first-order valence-electron chi connectivity index (χ1n) is 8.49. The normalized spacial score (nSPS) is 16.0. The maximum Gasteiger partial charge on any atom is 0.223 e. The van der Waals surface area contributed by atoms with Gasteiger partial charge in [0.05, 0.1) is 0 Å². The number of benzene rings is 2. The first-order chi connectivity index (χ1) is 12.1. The Bertz CT molecular complexity index is 748. The molecule has 0 aromatic heterocycles. The van der Waals surface area contributed by atoms with Gasteiger partial charge in [0.2, 0.25) is 11.8 Å². The monoisotopic (exact) mass is 340 g/mol. The summed E-state index contributed by atoms with van der Waals surface area (Å²) in [5.74, 6) is -0.753. The number of hydrogen-bond donors (Lipinski definition) is 1. The predicted octanol–water partition coefficient (Wildman–Crippen LogP) is 2.70. The number of halogens is 1. The Morgan fingerprint density at radius 2 is 1.80 bits per heavy atom. The molecule has 1 N–H and O–H groups in total. The number of hydrogen-bond acceptors (Lipinski definition) is 2. The smallest absolute Gasteiger partial charge is 0.223 e. The van der Waals surface area contributed by atoms with E-state index in [1.54, 1.807) is 23.1 Å². The maximum absolute atomic E-state index is 14.4. The number of nitrogens with zero attached hydrogens (tertiary/aromatic N) is 1. The highest BCUT2D eigenvalue weighted by molar-refractivity contribution is 5.81. The van der Waals surface area contributed by atoms with E-state index in [-0.39, 0.29) is 30.0 Å². The Morgan fingerprint density at radius 3 is 2.56 bits per heavy atom. The van der Waals surface area contributed by atoms with E-state index in [0.29, 0.717) is 31.6 Å². The van der Waals surface area contributed by atoms with Gasteiger partial charge in [-0.2, -0.15) is 0 Å². The van der Waals surface area contributed by atoms with Gasteiger partial charge in [-0.3, -0.25) is 9.59 Å². The van der Waals surface area contributed by atoms with Crippen LogP contribution in [0.1, 0.15) is 29.9 Å². The Kier molecular flexibility index (Phi) is 5.43. The van der Waals surface area contributed by atoms with Crippen LogP contribution in [0.4, 0.5) is 4.39 Å². The molecule has 1 saturated heterocycles. The summed E-state index contributed by atoms with van der Waals surface area (Å²) in [5, 5.41) is 2.76. The van der Waals surface area contributed by atoms with E-state index in [2.05, 4.69) is 5.32 Å². The molecule has 2 amide bonds. The fourth-order valence-electron chi connectivity index (χ4n) is 3.17. The van der Waals surface area contributed by atoms with Crippen LogP contribution in [-0.2, 0) is 9.59 Å². The van der Waals surface area contributed by atoms with Gasteiger partial charge >= 0.3 is 0 Å². The Morgan fingerprint density at radius 1 is 1.08 bits per heavy atom. The zero-order valence-electron chi connectivity index (χ0n) is 14.0. The highest BCUT2D eigenvalue weighted by atomic mass is 19.1. The summed E-state index contributed by atoms with van der Waals surface area (Å²) in [7, 11) is 0. The molecule has 3 rings (SSSR count). The van der Waals surface area contributed by atoms with E-state index in [4.69, 9.17) is 0 Å². The maximum atomic E-state index is 14.4. The van der Waals surface area contributed by atoms with Gasteiger partial charge in [-0.1, -0.05) is 48.5 Å². The molecule has 0 radical (unpaired) electrons. The summed E-state index contributed by atoms with van der Waals surface area (Å²) in [4.78, 5) is 25.9. The Hall–Kier alpha value is -2.69. The molecule has 2 aromatic rings. The summed E-state index contributed by atoms with van der Waals surface area (Å²) in [6.45, 7) is 1.35. The van der Waals surface area contributed by atoms with Crippen LogP contribution in [0.3, 0.4) is 0 Å². The molecule has 0 spiro atoms. The summed E-state index contributed by atoms with van der Waals surface area (Å²) in [6, 6.07) is 16.1. The second-order valence-corrected chi connectivity index (χ2v) is 6.17. The first kappa shape index (κ1) is 17.1. The van der Waals surface area contributed by atoms with Gasteiger partial charge in [0, 0.05) is 38.4 Å². The molecule has 0 bridgehead atoms. The highest BCUT2D eigenvalue weighted by Gasteiger charge is 2.25. The van der Waals surface area contributed by atoms with Crippen molar-refractivity contribution in [3.05, 3.63) is 71.5 Å². The van der Waals surface area contributed by atoms with Crippen LogP contribution < -0.4 is 5.32 Å². The molecule has 0 saturated carbocycles. The van der Waals surface area contributed by atoms with Gasteiger partial charge in [0.25, 0.3) is 0 Å². The van der Waals surface area contributed by atoms with Crippen LogP contribution in [-0.4, -0.2) is 36.3 Å². The molecule has 4 nitrogen and oxygen atoms in total. The second-order valence-electron chi connectivity index (χ2n) is 6.17. The lowest BCUT2D eigenvalue weighted by molar-refractivity contribution is -0.131. The number of nitrogens with one attached hydrogen (secondary N) is 1. The van der Waals surface area contributed by atoms with Crippen molar-refractivity contribution in [2.45, 2.75) is 18.8 Å². The van der Waals surface area contributed by atoms with E-state index < -0.39 is 0 Å². The van der Waals surface area contributed by atoms with Crippen LogP contribution in [0.5, 0.6) is 0 Å². The number of carbonyl (C=O) groups excluding carboxylic acids is 2. The minimum atomic E-state index is -0.346. The first-order valence-corrected chi connectivity index (χ1v) is 8.49. The molecule has 130 valence electrons. The SMILES string of the molecule is O=C1CCN(C(=O)C[C@@H](c2ccccc2)c2ccccc2F)CCN1. The Labute approximate surface area is 146 Å². The lowest BCUT2D eigenvalue weighted by atomic mass is 9.87. The van der Waals surface area contributed by atoms with Crippen molar-refractivity contribution in [1.82, 2.24) is 10.2 Å². The van der Waals surface area contributed by atoms with Crippen molar-refractivity contribution < 1.29 is 14.0 Å². The zero-order valence-corrected chi connectivity index (χ0v) is 14.0. The second kappa shape index (κ2) is 7.92. The van der Waals surface area contributed by atoms with E-state index in [0.717, 1.165) is 5.56 Å². The van der Waals surface area contributed by atoms with E-state index >= 15 is 0 Å². The van der Waals surface area contributed by atoms with Gasteiger partial charge in [-0.25, -0.2) is 4.39 Å². The molecule has 1 aliphatic rings. The molecule has 1 heterocycles. The third-order valence-corrected chi connectivity index (χ3v) is 4.53. The van der Waals surface area contributed by atoms with Crippen molar-refractivity contribution in [2.75, 3.05) is 19.6 Å². The lowest BCUT2D eigenvalue weighted by Crippen LogP contribution is -2.35. The topological polar surface area (TPSA) is 49.4 Å². The summed E-state index contributed by atoms with van der Waals surface area (Å²) >= 11 is 0. The lowest BCUT2D eigenvalue weighted by Gasteiger charge is -2.24. The zero-order chi connectivity index (χ0) is 17.6. The molecule has 0 unspecified atom stereocenters. The van der Waals surface area contributed by atoms with Crippen molar-refractivity contribution in [3.63, 3.8) is 0 Å². The van der Waals surface area contributed by atoms with Crippen LogP contribution in [0, 0.1) is 5.82 Å². The Balaban J connectivity index is 1.84. The molecular formula is C20H21FN2O2. The standard InChI is InChI=1S/C20H21FN2O2/c21-18-9-5-4-8-16(18)17(15-6-2-1-3-7-15)14-20(25)23-12-10-19(24)22-11-13-23/h1-9,17H,10-14H2,(H,22,24)/t17-/m0/s1. The van der Waals surface area contributed by atoms with Crippen molar-refractivity contribution in [2.24, 2.45) is 0 Å². The molecule has 2 aromatic carbocycles. The molecule has 1 fully saturated rings. The van der Waals surface area contributed by atoms with Gasteiger partial charge in [-0.15, -0.1) is 0 Å². The highest BCUT2D eigenvalue weighted by Crippen LogP contribution is 2.30. The summed E-state index contributed by atoms with van der Waals surface area (Å²) < 4.78 is 14.4. The summed E-state index contributed by atoms with van der Waals surface area (Å²) in [5.41, 5.74) is 1.43. The minimum absolute atomic E-state index is 0.0380. The molecular weight excluding hydrogens is 319 g/mol. The van der Waals surface area contributed by atoms with Gasteiger partial charge in [-0.05, 0) is 17.2 Å². The molecule has 1 aliphatic heterocycles. The van der Waals surface area contributed by atoms with Crippen LogP contribution >= 0.6 is 0 Å². The molecule has 0 aliphatic carbocycles. The fourth-order valence-corrected chi connectivity index (χ4v) is 3.17.